The van der Waals surface area contributed by atoms with Crippen molar-refractivity contribution in [2.45, 2.75) is 25.0 Å². The number of aromatic nitrogens is 2. The molecule has 0 saturated heterocycles. The Labute approximate surface area is 109 Å². The van der Waals surface area contributed by atoms with Gasteiger partial charge in [-0.2, -0.15) is 4.98 Å². The summed E-state index contributed by atoms with van der Waals surface area (Å²) in [4.78, 5) is 25.5. The van der Waals surface area contributed by atoms with Gasteiger partial charge in [-0.1, -0.05) is 11.8 Å². The maximum atomic E-state index is 11.2. The second kappa shape index (κ2) is 7.88. The second-order valence-corrected chi connectivity index (χ2v) is 4.42. The molecule has 6 nitrogen and oxygen atoms in total. The number of aryl methyl sites for hydroxylation is 1. The molecule has 7 heteroatoms. The highest BCUT2D eigenvalue weighted by Crippen LogP contribution is 2.13. The molecule has 0 aliphatic heterocycles. The quantitative estimate of drug-likeness (QED) is 0.429. The smallest absolute Gasteiger partial charge is 0.313 e. The number of thioether (sulfide) groups is 1. The standard InChI is InChI=1S/C11H16N2O4S/c1-2-17-7-3-5-13-6-4-9(14)12-11(13)18-8-10(15)16/h4,6H,2-3,5,7-8H2,1H3,(H,15,16). The Morgan fingerprint density at radius 3 is 3.06 bits per heavy atom. The number of rotatable bonds is 8. The van der Waals surface area contributed by atoms with Crippen LogP contribution in [0.15, 0.2) is 22.2 Å². The van der Waals surface area contributed by atoms with Crippen LogP contribution < -0.4 is 5.56 Å². The van der Waals surface area contributed by atoms with E-state index in [1.54, 1.807) is 10.8 Å². The van der Waals surface area contributed by atoms with Gasteiger partial charge >= 0.3 is 5.97 Å². The maximum absolute atomic E-state index is 11.2. The highest BCUT2D eigenvalue weighted by Gasteiger charge is 2.06. The van der Waals surface area contributed by atoms with Gasteiger partial charge in [0.15, 0.2) is 5.16 Å². The number of aliphatic carboxylic acids is 1. The molecule has 100 valence electrons. The average Bonchev–Trinajstić information content (AvgIpc) is 2.34. The van der Waals surface area contributed by atoms with Gasteiger partial charge in [-0.05, 0) is 13.3 Å². The van der Waals surface area contributed by atoms with Crippen LogP contribution in [0.2, 0.25) is 0 Å². The van der Waals surface area contributed by atoms with Crippen molar-refractivity contribution >= 4 is 17.7 Å². The Morgan fingerprint density at radius 2 is 2.39 bits per heavy atom. The van der Waals surface area contributed by atoms with Crippen LogP contribution in [0.3, 0.4) is 0 Å². The van der Waals surface area contributed by atoms with Crippen molar-refractivity contribution in [2.75, 3.05) is 19.0 Å². The highest BCUT2D eigenvalue weighted by atomic mass is 32.2. The van der Waals surface area contributed by atoms with Crippen LogP contribution in [0.25, 0.3) is 0 Å². The number of ether oxygens (including phenoxy) is 1. The number of carboxylic acid groups (broad SMARTS) is 1. The van der Waals surface area contributed by atoms with E-state index in [4.69, 9.17) is 9.84 Å². The Balaban J connectivity index is 2.64. The Bertz CT molecular complexity index is 447. The maximum Gasteiger partial charge on any atom is 0.313 e. The van der Waals surface area contributed by atoms with Gasteiger partial charge in [-0.15, -0.1) is 0 Å². The fraction of sp³-hybridized carbons (Fsp3) is 0.545. The zero-order valence-corrected chi connectivity index (χ0v) is 11.0. The van der Waals surface area contributed by atoms with E-state index in [0.29, 0.717) is 24.9 Å². The molecule has 1 heterocycles. The normalized spacial score (nSPS) is 10.5. The summed E-state index contributed by atoms with van der Waals surface area (Å²) in [6, 6.07) is 1.37. The summed E-state index contributed by atoms with van der Waals surface area (Å²) in [6.07, 6.45) is 2.42. The van der Waals surface area contributed by atoms with Crippen molar-refractivity contribution < 1.29 is 14.6 Å². The molecule has 0 unspecified atom stereocenters. The third kappa shape index (κ3) is 5.33. The van der Waals surface area contributed by atoms with Crippen LogP contribution in [0.5, 0.6) is 0 Å². The number of nitrogens with zero attached hydrogens (tertiary/aromatic N) is 2. The van der Waals surface area contributed by atoms with Crippen LogP contribution in [0.1, 0.15) is 13.3 Å². The van der Waals surface area contributed by atoms with Crippen molar-refractivity contribution in [3.8, 4) is 0 Å². The van der Waals surface area contributed by atoms with E-state index >= 15 is 0 Å². The fourth-order valence-corrected chi connectivity index (χ4v) is 2.03. The van der Waals surface area contributed by atoms with Crippen molar-refractivity contribution in [2.24, 2.45) is 0 Å². The van der Waals surface area contributed by atoms with Gasteiger partial charge in [-0.3, -0.25) is 9.59 Å². The van der Waals surface area contributed by atoms with Gasteiger partial charge in [-0.25, -0.2) is 0 Å². The lowest BCUT2D eigenvalue weighted by Crippen LogP contribution is -2.15. The fourth-order valence-electron chi connectivity index (χ4n) is 1.31. The zero-order valence-electron chi connectivity index (χ0n) is 10.2. The summed E-state index contributed by atoms with van der Waals surface area (Å²) in [5.74, 6) is -1.04. The molecule has 0 atom stereocenters. The van der Waals surface area contributed by atoms with Crippen molar-refractivity contribution in [1.82, 2.24) is 9.55 Å². The van der Waals surface area contributed by atoms with Crippen molar-refractivity contribution in [1.29, 1.82) is 0 Å². The third-order valence-electron chi connectivity index (χ3n) is 2.07. The molecule has 1 aromatic heterocycles. The molecule has 0 aliphatic rings. The van der Waals surface area contributed by atoms with E-state index in [1.807, 2.05) is 6.92 Å². The van der Waals surface area contributed by atoms with Crippen LogP contribution in [0.4, 0.5) is 0 Å². The first-order valence-corrected chi connectivity index (χ1v) is 6.62. The van der Waals surface area contributed by atoms with Crippen LogP contribution in [-0.2, 0) is 16.1 Å². The van der Waals surface area contributed by atoms with E-state index in [1.165, 1.54) is 6.07 Å². The summed E-state index contributed by atoms with van der Waals surface area (Å²) in [5.41, 5.74) is -0.357. The Kier molecular flexibility index (Phi) is 6.45. The second-order valence-electron chi connectivity index (χ2n) is 3.47. The van der Waals surface area contributed by atoms with Gasteiger partial charge < -0.3 is 14.4 Å². The molecule has 0 saturated carbocycles. The molecule has 0 amide bonds. The van der Waals surface area contributed by atoms with Crippen molar-refractivity contribution in [3.05, 3.63) is 22.6 Å². The van der Waals surface area contributed by atoms with Gasteiger partial charge in [0.25, 0.3) is 5.56 Å². The number of carbonyl (C=O) groups is 1. The molecule has 0 bridgehead atoms. The minimum atomic E-state index is -0.932. The van der Waals surface area contributed by atoms with E-state index in [2.05, 4.69) is 4.98 Å². The van der Waals surface area contributed by atoms with Gasteiger partial charge in [0, 0.05) is 32.0 Å². The molecule has 1 aromatic rings. The van der Waals surface area contributed by atoms with Gasteiger partial charge in [0.2, 0.25) is 0 Å². The number of hydrogen-bond acceptors (Lipinski definition) is 5. The molecule has 0 spiro atoms. The summed E-state index contributed by atoms with van der Waals surface area (Å²) in [7, 11) is 0. The van der Waals surface area contributed by atoms with Gasteiger partial charge in [0.1, 0.15) is 0 Å². The minimum absolute atomic E-state index is 0.109. The first kappa shape index (κ1) is 14.7. The molecule has 0 radical (unpaired) electrons. The predicted molar refractivity (Wildman–Crippen MR) is 68.0 cm³/mol. The van der Waals surface area contributed by atoms with Crippen molar-refractivity contribution in [3.63, 3.8) is 0 Å². The predicted octanol–water partition coefficient (Wildman–Crippen LogP) is 0.847. The molecule has 1 rings (SSSR count). The molecule has 0 aromatic carbocycles. The lowest BCUT2D eigenvalue weighted by atomic mass is 10.4. The van der Waals surface area contributed by atoms with Crippen LogP contribution in [0, 0.1) is 0 Å². The lowest BCUT2D eigenvalue weighted by Gasteiger charge is -2.10. The molecular formula is C11H16N2O4S. The first-order valence-electron chi connectivity index (χ1n) is 5.63. The molecule has 0 aliphatic carbocycles. The number of hydrogen-bond donors (Lipinski definition) is 1. The molecule has 0 fully saturated rings. The summed E-state index contributed by atoms with van der Waals surface area (Å²) < 4.78 is 6.99. The molecule has 1 N–H and O–H groups in total. The number of carboxylic acids is 1. The summed E-state index contributed by atoms with van der Waals surface area (Å²) in [5, 5.41) is 9.06. The summed E-state index contributed by atoms with van der Waals surface area (Å²) >= 11 is 1.04. The van der Waals surface area contributed by atoms with E-state index in [-0.39, 0.29) is 11.3 Å². The first-order chi connectivity index (χ1) is 8.63. The van der Waals surface area contributed by atoms with Crippen LogP contribution in [-0.4, -0.2) is 39.6 Å². The topological polar surface area (TPSA) is 81.4 Å². The third-order valence-corrected chi connectivity index (χ3v) is 3.04. The summed E-state index contributed by atoms with van der Waals surface area (Å²) in [6.45, 7) is 3.87. The Hall–Kier alpha value is -1.34. The minimum Gasteiger partial charge on any atom is -0.481 e. The van der Waals surface area contributed by atoms with E-state index in [0.717, 1.165) is 18.2 Å². The van der Waals surface area contributed by atoms with E-state index < -0.39 is 5.97 Å². The average molecular weight is 272 g/mol. The Morgan fingerprint density at radius 1 is 1.61 bits per heavy atom. The highest BCUT2D eigenvalue weighted by molar-refractivity contribution is 7.99. The lowest BCUT2D eigenvalue weighted by molar-refractivity contribution is -0.133. The largest absolute Gasteiger partial charge is 0.481 e. The molecule has 18 heavy (non-hydrogen) atoms. The van der Waals surface area contributed by atoms with E-state index in [9.17, 15) is 9.59 Å². The van der Waals surface area contributed by atoms with Crippen LogP contribution >= 0.6 is 11.8 Å². The monoisotopic (exact) mass is 272 g/mol. The SMILES string of the molecule is CCOCCCn1ccc(=O)nc1SCC(=O)O. The molecular weight excluding hydrogens is 256 g/mol. The van der Waals surface area contributed by atoms with Gasteiger partial charge in [0.05, 0.1) is 5.75 Å². The zero-order chi connectivity index (χ0) is 13.4.